The summed E-state index contributed by atoms with van der Waals surface area (Å²) in [5, 5.41) is 4.59. The molecule has 0 fully saturated rings. The molecule has 0 amide bonds. The molecule has 234 valence electrons. The second-order valence-electron chi connectivity index (χ2n) is 12.8. The number of nitrogens with zero attached hydrogens (tertiary/aromatic N) is 2. The average Bonchev–Trinajstić information content (AvgIpc) is 3.33. The van der Waals surface area contributed by atoms with Crippen LogP contribution in [0.2, 0.25) is 0 Å². The highest BCUT2D eigenvalue weighted by atomic mass is 16.7. The molecule has 6 heteroatoms. The van der Waals surface area contributed by atoms with Crippen LogP contribution in [0.5, 0.6) is 23.0 Å². The van der Waals surface area contributed by atoms with E-state index in [4.69, 9.17) is 18.9 Å². The molecule has 47 heavy (non-hydrogen) atoms. The molecule has 6 aromatic carbocycles. The molecule has 0 aromatic heterocycles. The number of benzene rings is 6. The van der Waals surface area contributed by atoms with Gasteiger partial charge >= 0.3 is 0 Å². The SMILES string of the molecule is C[C@H](c1ccccc1)N1COc2ccc3ccc4c(c3c2C1)-c1c(ccc2ccc3c(c12)CN([C@H](C)c1ccccc1)CO3)OCO4. The summed E-state index contributed by atoms with van der Waals surface area (Å²) in [6, 6.07) is 38.8. The van der Waals surface area contributed by atoms with Gasteiger partial charge < -0.3 is 18.9 Å². The second kappa shape index (κ2) is 11.3. The van der Waals surface area contributed by atoms with Crippen LogP contribution in [0.25, 0.3) is 32.7 Å². The van der Waals surface area contributed by atoms with Crippen molar-refractivity contribution >= 4 is 21.5 Å². The summed E-state index contributed by atoms with van der Waals surface area (Å²) in [5.74, 6) is 3.47. The summed E-state index contributed by atoms with van der Waals surface area (Å²) in [4.78, 5) is 4.79. The van der Waals surface area contributed by atoms with Crippen molar-refractivity contribution in [2.45, 2.75) is 39.0 Å². The fraction of sp³-hybridized carbons (Fsp3) is 0.220. The van der Waals surface area contributed by atoms with E-state index in [9.17, 15) is 0 Å². The van der Waals surface area contributed by atoms with Crippen LogP contribution in [0, 0.1) is 0 Å². The topological polar surface area (TPSA) is 43.4 Å². The van der Waals surface area contributed by atoms with Crippen molar-refractivity contribution in [2.75, 3.05) is 20.3 Å². The normalized spacial score (nSPS) is 17.1. The average molecular weight is 621 g/mol. The first-order chi connectivity index (χ1) is 23.1. The summed E-state index contributed by atoms with van der Waals surface area (Å²) in [7, 11) is 0. The van der Waals surface area contributed by atoms with E-state index in [1.165, 1.54) is 22.3 Å². The number of rotatable bonds is 4. The van der Waals surface area contributed by atoms with Crippen molar-refractivity contribution < 1.29 is 18.9 Å². The van der Waals surface area contributed by atoms with Gasteiger partial charge in [-0.2, -0.15) is 0 Å². The van der Waals surface area contributed by atoms with Crippen LogP contribution in [-0.2, 0) is 13.1 Å². The van der Waals surface area contributed by atoms with Crippen LogP contribution in [0.1, 0.15) is 48.2 Å². The van der Waals surface area contributed by atoms with Crippen LogP contribution in [-0.4, -0.2) is 30.1 Å². The van der Waals surface area contributed by atoms with Gasteiger partial charge in [0.2, 0.25) is 6.79 Å². The minimum Gasteiger partial charge on any atom is -0.478 e. The summed E-state index contributed by atoms with van der Waals surface area (Å²) in [6.45, 7) is 7.22. The molecule has 6 nitrogen and oxygen atoms in total. The van der Waals surface area contributed by atoms with E-state index in [2.05, 4.69) is 133 Å². The minimum absolute atomic E-state index is 0.141. The predicted molar refractivity (Wildman–Crippen MR) is 185 cm³/mol. The van der Waals surface area contributed by atoms with Crippen LogP contribution in [0.3, 0.4) is 0 Å². The first-order valence-corrected chi connectivity index (χ1v) is 16.4. The molecule has 0 bridgehead atoms. The van der Waals surface area contributed by atoms with Gasteiger partial charge in [0.15, 0.2) is 0 Å². The quantitative estimate of drug-likeness (QED) is 0.196. The van der Waals surface area contributed by atoms with Crippen molar-refractivity contribution in [1.29, 1.82) is 0 Å². The number of hydrogen-bond acceptors (Lipinski definition) is 6. The molecule has 6 aromatic rings. The van der Waals surface area contributed by atoms with Crippen LogP contribution < -0.4 is 18.9 Å². The Hall–Kier alpha value is -5.04. The van der Waals surface area contributed by atoms with Crippen molar-refractivity contribution in [3.63, 3.8) is 0 Å². The van der Waals surface area contributed by atoms with Gasteiger partial charge in [-0.15, -0.1) is 0 Å². The van der Waals surface area contributed by atoms with Crippen molar-refractivity contribution in [3.8, 4) is 34.1 Å². The number of ether oxygens (including phenoxy) is 4. The Morgan fingerprint density at radius 1 is 0.468 bits per heavy atom. The van der Waals surface area contributed by atoms with E-state index in [1.807, 2.05) is 0 Å². The third-order valence-electron chi connectivity index (χ3n) is 10.3. The highest BCUT2D eigenvalue weighted by Gasteiger charge is 2.32. The van der Waals surface area contributed by atoms with Gasteiger partial charge in [0.05, 0.1) is 0 Å². The van der Waals surface area contributed by atoms with Crippen LogP contribution in [0.15, 0.2) is 109 Å². The standard InChI is InChI=1S/C41H36N2O4/c1-26(28-9-5-3-6-10-28)42-21-32-34(44-23-42)17-13-30-15-19-36-40(38(30)32)41-37(47-25-46-36)20-16-31-14-18-35-33(39(31)41)22-43(24-45-35)27(2)29-11-7-4-8-12-29/h3-20,26-27H,21-25H2,1-2H3/t26-,27-/m1/s1. The largest absolute Gasteiger partial charge is 0.478 e. The van der Waals surface area contributed by atoms with E-state index < -0.39 is 0 Å². The summed E-state index contributed by atoms with van der Waals surface area (Å²) >= 11 is 0. The monoisotopic (exact) mass is 620 g/mol. The minimum atomic E-state index is 0.141. The van der Waals surface area contributed by atoms with Crippen LogP contribution >= 0.6 is 0 Å². The zero-order chi connectivity index (χ0) is 31.5. The molecule has 0 aliphatic carbocycles. The van der Waals surface area contributed by atoms with Crippen LogP contribution in [0.4, 0.5) is 0 Å². The molecule has 0 unspecified atom stereocenters. The van der Waals surface area contributed by atoms with Gasteiger partial charge in [-0.3, -0.25) is 9.80 Å². The van der Waals surface area contributed by atoms with E-state index in [-0.39, 0.29) is 18.9 Å². The Morgan fingerprint density at radius 2 is 0.872 bits per heavy atom. The van der Waals surface area contributed by atoms with Gasteiger partial charge in [-0.25, -0.2) is 0 Å². The second-order valence-corrected chi connectivity index (χ2v) is 12.8. The molecule has 2 atom stereocenters. The first-order valence-electron chi connectivity index (χ1n) is 16.4. The van der Waals surface area contributed by atoms with E-state index in [0.717, 1.165) is 68.8 Å². The van der Waals surface area contributed by atoms with E-state index in [0.29, 0.717) is 13.5 Å². The van der Waals surface area contributed by atoms with Crippen molar-refractivity contribution in [1.82, 2.24) is 9.80 Å². The van der Waals surface area contributed by atoms with E-state index >= 15 is 0 Å². The predicted octanol–water partition coefficient (Wildman–Crippen LogP) is 9.21. The zero-order valence-electron chi connectivity index (χ0n) is 26.6. The Kier molecular flexibility index (Phi) is 6.80. The lowest BCUT2D eigenvalue weighted by molar-refractivity contribution is 0.0625. The van der Waals surface area contributed by atoms with Gasteiger partial charge in [0.1, 0.15) is 36.5 Å². The van der Waals surface area contributed by atoms with Gasteiger partial charge in [-0.05, 0) is 60.0 Å². The molecule has 0 radical (unpaired) electrons. The molecule has 3 aliphatic heterocycles. The molecule has 3 heterocycles. The number of fused-ring (bicyclic) bond motifs is 11. The molecule has 0 saturated carbocycles. The van der Waals surface area contributed by atoms with E-state index in [1.54, 1.807) is 0 Å². The van der Waals surface area contributed by atoms with Gasteiger partial charge in [0.25, 0.3) is 0 Å². The lowest BCUT2D eigenvalue weighted by Gasteiger charge is -2.35. The maximum atomic E-state index is 6.48. The Morgan fingerprint density at radius 3 is 1.30 bits per heavy atom. The maximum Gasteiger partial charge on any atom is 0.230 e. The third kappa shape index (κ3) is 4.70. The molecule has 0 spiro atoms. The van der Waals surface area contributed by atoms with Crippen molar-refractivity contribution in [3.05, 3.63) is 131 Å². The van der Waals surface area contributed by atoms with Gasteiger partial charge in [0, 0.05) is 58.2 Å². The Labute approximate surface area is 274 Å². The smallest absolute Gasteiger partial charge is 0.230 e. The highest BCUT2D eigenvalue weighted by Crippen LogP contribution is 2.52. The molecular formula is C41H36N2O4. The number of hydrogen-bond donors (Lipinski definition) is 0. The molecule has 0 saturated heterocycles. The Balaban J connectivity index is 1.24. The lowest BCUT2D eigenvalue weighted by Crippen LogP contribution is -2.34. The molecule has 9 rings (SSSR count). The first kappa shape index (κ1) is 28.2. The molecular weight excluding hydrogens is 584 g/mol. The van der Waals surface area contributed by atoms with Crippen molar-refractivity contribution in [2.24, 2.45) is 0 Å². The molecule has 0 N–H and O–H groups in total. The lowest BCUT2D eigenvalue weighted by atomic mass is 9.87. The third-order valence-corrected chi connectivity index (χ3v) is 10.3. The summed E-state index contributed by atoms with van der Waals surface area (Å²) in [6.07, 6.45) is 0. The Bertz CT molecular complexity index is 1980. The summed E-state index contributed by atoms with van der Waals surface area (Å²) < 4.78 is 25.7. The zero-order valence-corrected chi connectivity index (χ0v) is 26.6. The fourth-order valence-corrected chi connectivity index (χ4v) is 7.57. The summed E-state index contributed by atoms with van der Waals surface area (Å²) in [5.41, 5.74) is 6.98. The highest BCUT2D eigenvalue weighted by molar-refractivity contribution is 6.12. The van der Waals surface area contributed by atoms with Gasteiger partial charge in [-0.1, -0.05) is 84.9 Å². The fourth-order valence-electron chi connectivity index (χ4n) is 7.57. The maximum absolute atomic E-state index is 6.48. The molecule has 3 aliphatic rings.